The molecule has 0 unspecified atom stereocenters. The molecule has 0 N–H and O–H groups in total. The molecule has 5 aromatic carbocycles. The molecular formula is C41H44Zr. The SMILES string of the molecule is CC(C)(C)c1ccc2[cH-]c3ccc(C(C)(C)C)cc3c2c1.Cc1ccc([C](=[Zr+2])c2ccc(C)cc2)cc1.[C-]1=CC=CC1. The number of allylic oxidation sites excluding steroid dienone is 4. The molecule has 0 bridgehead atoms. The van der Waals surface area contributed by atoms with Crippen LogP contribution in [-0.2, 0) is 35.1 Å². The van der Waals surface area contributed by atoms with Crippen molar-refractivity contribution in [1.29, 1.82) is 0 Å². The smallest absolute Gasteiger partial charge is 0.109 e. The third kappa shape index (κ3) is 8.29. The Kier molecular flexibility index (Phi) is 10.3. The summed E-state index contributed by atoms with van der Waals surface area (Å²) in [4.78, 5) is 0. The topological polar surface area (TPSA) is 0 Å². The Labute approximate surface area is 268 Å². The van der Waals surface area contributed by atoms with Crippen LogP contribution in [0.5, 0.6) is 0 Å². The summed E-state index contributed by atoms with van der Waals surface area (Å²) in [6.45, 7) is 17.9. The molecule has 0 saturated heterocycles. The summed E-state index contributed by atoms with van der Waals surface area (Å²) < 4.78 is 1.42. The molecule has 0 amide bonds. The van der Waals surface area contributed by atoms with Crippen LogP contribution >= 0.6 is 0 Å². The largest absolute Gasteiger partial charge is 0.273 e. The van der Waals surface area contributed by atoms with Gasteiger partial charge in [-0.05, 0) is 10.8 Å². The van der Waals surface area contributed by atoms with Crippen LogP contribution in [0.2, 0.25) is 0 Å². The van der Waals surface area contributed by atoms with E-state index in [1.807, 2.05) is 12.2 Å². The number of hydrogen-bond donors (Lipinski definition) is 0. The first-order valence-electron chi connectivity index (χ1n) is 14.9. The number of fused-ring (bicyclic) bond motifs is 3. The van der Waals surface area contributed by atoms with E-state index < -0.39 is 0 Å². The van der Waals surface area contributed by atoms with Gasteiger partial charge in [0.25, 0.3) is 0 Å². The van der Waals surface area contributed by atoms with Crippen LogP contribution in [0.1, 0.15) is 81.3 Å². The predicted octanol–water partition coefficient (Wildman–Crippen LogP) is 11.0. The summed E-state index contributed by atoms with van der Waals surface area (Å²) in [6.07, 6.45) is 10.0. The predicted molar refractivity (Wildman–Crippen MR) is 182 cm³/mol. The van der Waals surface area contributed by atoms with Gasteiger partial charge in [-0.25, -0.2) is 12.2 Å². The normalized spacial score (nSPS) is 12.6. The van der Waals surface area contributed by atoms with Gasteiger partial charge in [-0.1, -0.05) is 76.9 Å². The van der Waals surface area contributed by atoms with Crippen molar-refractivity contribution >= 4 is 24.8 Å². The van der Waals surface area contributed by atoms with Crippen molar-refractivity contribution in [2.45, 2.75) is 72.6 Å². The number of benzene rings is 4. The van der Waals surface area contributed by atoms with Crippen LogP contribution in [0.3, 0.4) is 0 Å². The van der Waals surface area contributed by atoms with E-state index in [0.29, 0.717) is 0 Å². The van der Waals surface area contributed by atoms with Gasteiger partial charge < -0.3 is 0 Å². The van der Waals surface area contributed by atoms with Crippen molar-refractivity contribution in [2.24, 2.45) is 0 Å². The van der Waals surface area contributed by atoms with E-state index in [-0.39, 0.29) is 10.8 Å². The third-order valence-corrected chi connectivity index (χ3v) is 9.13. The standard InChI is InChI=1S/C21H25.C15H14.C5H5.Zr/c1-20(2,3)16-9-7-14-11-15-8-10-17(21(4,5)6)13-19(15)18(14)12-16;1-12-3-7-14(8-4-12)11-15-9-5-13(2)6-10-15;1-2-4-5-3-1;/h7-13H,1-6H3;3-10H,1-2H3;1-3H,4H2;/q-1;;-1;+2. The molecule has 0 spiro atoms. The zero-order valence-corrected chi connectivity index (χ0v) is 29.1. The van der Waals surface area contributed by atoms with E-state index in [0.717, 1.165) is 6.42 Å². The van der Waals surface area contributed by atoms with Crippen LogP contribution in [0.4, 0.5) is 0 Å². The first kappa shape index (κ1) is 31.9. The van der Waals surface area contributed by atoms with E-state index in [4.69, 9.17) is 0 Å². The first-order valence-corrected chi connectivity index (χ1v) is 16.1. The van der Waals surface area contributed by atoms with Gasteiger partial charge in [0.15, 0.2) is 0 Å². The zero-order chi connectivity index (χ0) is 30.5. The van der Waals surface area contributed by atoms with Crippen LogP contribution in [-0.4, -0.2) is 3.21 Å². The minimum Gasteiger partial charge on any atom is -0.273 e. The van der Waals surface area contributed by atoms with Crippen LogP contribution < -0.4 is 0 Å². The fourth-order valence-electron chi connectivity index (χ4n) is 4.88. The van der Waals surface area contributed by atoms with E-state index in [2.05, 4.69) is 159 Å². The Morgan fingerprint density at radius 3 is 1.38 bits per heavy atom. The quantitative estimate of drug-likeness (QED) is 0.171. The van der Waals surface area contributed by atoms with Crippen LogP contribution in [0.25, 0.3) is 21.5 Å². The molecule has 0 atom stereocenters. The van der Waals surface area contributed by atoms with Crippen molar-refractivity contribution in [3.63, 3.8) is 0 Å². The van der Waals surface area contributed by atoms with Gasteiger partial charge >= 0.3 is 112 Å². The zero-order valence-electron chi connectivity index (χ0n) is 26.6. The molecule has 42 heavy (non-hydrogen) atoms. The molecule has 1 aliphatic rings. The van der Waals surface area contributed by atoms with Crippen molar-refractivity contribution in [3.05, 3.63) is 149 Å². The summed E-state index contributed by atoms with van der Waals surface area (Å²) in [5, 5.41) is 5.49. The number of rotatable bonds is 2. The van der Waals surface area contributed by atoms with Gasteiger partial charge in [0.1, 0.15) is 0 Å². The Morgan fingerprint density at radius 1 is 0.643 bits per heavy atom. The van der Waals surface area contributed by atoms with Crippen molar-refractivity contribution < 1.29 is 24.2 Å². The minimum absolute atomic E-state index is 0.194. The maximum Gasteiger partial charge on any atom is -0.109 e. The summed E-state index contributed by atoms with van der Waals surface area (Å²) in [7, 11) is 0. The Bertz CT molecular complexity index is 1580. The van der Waals surface area contributed by atoms with E-state index >= 15 is 0 Å². The molecule has 0 aliphatic heterocycles. The second-order valence-electron chi connectivity index (χ2n) is 13.4. The van der Waals surface area contributed by atoms with Crippen LogP contribution in [0, 0.1) is 19.9 Å². The molecule has 0 aromatic heterocycles. The third-order valence-electron chi connectivity index (χ3n) is 7.71. The van der Waals surface area contributed by atoms with Crippen molar-refractivity contribution in [2.75, 3.05) is 0 Å². The summed E-state index contributed by atoms with van der Waals surface area (Å²) in [6, 6.07) is 33.7. The molecule has 0 fully saturated rings. The molecule has 0 nitrogen and oxygen atoms in total. The molecule has 1 heteroatoms. The first-order chi connectivity index (χ1) is 19.8. The average Bonchev–Trinajstić information content (AvgIpc) is 3.64. The van der Waals surface area contributed by atoms with E-state index in [1.54, 1.807) is 0 Å². The van der Waals surface area contributed by atoms with Gasteiger partial charge in [-0.15, -0.1) is 46.2 Å². The van der Waals surface area contributed by atoms with Gasteiger partial charge in [-0.3, -0.25) is 6.08 Å². The Balaban J connectivity index is 0.000000170. The van der Waals surface area contributed by atoms with Gasteiger partial charge in [0.05, 0.1) is 0 Å². The molecule has 5 aromatic rings. The Hall–Kier alpha value is -3.02. The maximum absolute atomic E-state index is 2.99. The summed E-state index contributed by atoms with van der Waals surface area (Å²) >= 11 is 1.46. The van der Waals surface area contributed by atoms with Gasteiger partial charge in [-0.2, -0.15) is 6.08 Å². The molecule has 6 rings (SSSR count). The second kappa shape index (κ2) is 13.5. The minimum atomic E-state index is 0.194. The van der Waals surface area contributed by atoms with E-state index in [9.17, 15) is 0 Å². The molecule has 212 valence electrons. The monoisotopic (exact) mass is 626 g/mol. The molecule has 0 radical (unpaired) electrons. The second-order valence-corrected chi connectivity index (χ2v) is 14.6. The number of aryl methyl sites for hydroxylation is 2. The van der Waals surface area contributed by atoms with E-state index in [1.165, 1.54) is 82.4 Å². The van der Waals surface area contributed by atoms with Crippen molar-refractivity contribution in [1.82, 2.24) is 0 Å². The number of hydrogen-bond acceptors (Lipinski definition) is 0. The molecular weight excluding hydrogens is 584 g/mol. The van der Waals surface area contributed by atoms with Crippen LogP contribution in [0.15, 0.2) is 109 Å². The summed E-state index contributed by atoms with van der Waals surface area (Å²) in [5.41, 5.74) is 8.51. The summed E-state index contributed by atoms with van der Waals surface area (Å²) in [5.74, 6) is 0. The fourth-order valence-corrected chi connectivity index (χ4v) is 5.70. The van der Waals surface area contributed by atoms with Gasteiger partial charge in [0, 0.05) is 0 Å². The average molecular weight is 628 g/mol. The molecule has 1 aliphatic carbocycles. The Morgan fingerprint density at radius 2 is 1.07 bits per heavy atom. The maximum atomic E-state index is 2.99. The fraction of sp³-hybridized carbons (Fsp3) is 0.268. The van der Waals surface area contributed by atoms with Gasteiger partial charge in [0.2, 0.25) is 0 Å². The molecule has 0 saturated carbocycles. The molecule has 0 heterocycles. The van der Waals surface area contributed by atoms with Crippen molar-refractivity contribution in [3.8, 4) is 0 Å².